The minimum Gasteiger partial charge on any atom is -0.488 e. The Morgan fingerprint density at radius 1 is 0.623 bits per heavy atom. The maximum atomic E-state index is 13.6. The first-order chi connectivity index (χ1) is 36.3. The molecule has 77 heavy (non-hydrogen) atoms. The Morgan fingerprint density at radius 3 is 1.62 bits per heavy atom. The van der Waals surface area contributed by atoms with Crippen LogP contribution in [0.25, 0.3) is 10.2 Å². The van der Waals surface area contributed by atoms with Crippen molar-refractivity contribution in [2.45, 2.75) is 97.1 Å². The number of hydrogen-bond acceptors (Lipinski definition) is 17. The molecule has 2 aliphatic rings. The van der Waals surface area contributed by atoms with Gasteiger partial charge in [-0.15, -0.1) is 11.3 Å². The first kappa shape index (κ1) is 56.0. The third-order valence-corrected chi connectivity index (χ3v) is 12.4. The lowest BCUT2D eigenvalue weighted by Crippen LogP contribution is -2.43. The maximum absolute atomic E-state index is 13.6. The number of amides is 4. The summed E-state index contributed by atoms with van der Waals surface area (Å²) in [5.74, 6) is -1.02. The molecule has 5 aromatic rings. The van der Waals surface area contributed by atoms with Crippen molar-refractivity contribution in [2.75, 3.05) is 19.7 Å². The molecule has 4 amide bonds. The summed E-state index contributed by atoms with van der Waals surface area (Å²) in [5, 5.41) is 0.579. The van der Waals surface area contributed by atoms with E-state index in [-0.39, 0.29) is 36.3 Å². The standard InChI is InChI=1S/C58H56N4O14S/c1-55(2,35-57(5,6)75-51(67)33-61-47(63)23-24-48(61)64)73-41-18-14-38(15-19-41)53(69)71-30-28-37-13-22-44(40(31-37)32-59-29-27-46-60-43-11-9-10-12-45(43)77-46)72-54(70)39-16-20-42(21-17-39)74-56(3,4)36-58(7,8)76-52(68)34-62-49(65)25-26-50(62)66/h9-26,31-32H,28,30,33-36H2,1-8H3. The van der Waals surface area contributed by atoms with Crippen molar-refractivity contribution >= 4 is 75.3 Å². The molecule has 1 aromatic heterocycles. The number of imide groups is 2. The number of carbonyl (C=O) groups is 8. The average molecular weight is 1070 g/mol. The van der Waals surface area contributed by atoms with Gasteiger partial charge in [0.2, 0.25) is 0 Å². The van der Waals surface area contributed by atoms with E-state index in [1.54, 1.807) is 94.4 Å². The molecule has 0 radical (unpaired) electrons. The number of benzene rings is 4. The van der Waals surface area contributed by atoms with E-state index in [1.807, 2.05) is 52.0 Å². The highest BCUT2D eigenvalue weighted by molar-refractivity contribution is 7.19. The Hall–Kier alpha value is -8.76. The number of esters is 4. The van der Waals surface area contributed by atoms with Crippen molar-refractivity contribution in [2.24, 2.45) is 4.99 Å². The van der Waals surface area contributed by atoms with Crippen LogP contribution in [0.3, 0.4) is 0 Å². The van der Waals surface area contributed by atoms with Crippen LogP contribution in [0.5, 0.6) is 17.2 Å². The number of fused-ring (bicyclic) bond motifs is 1. The number of aromatic nitrogens is 1. The molecule has 4 aromatic carbocycles. The van der Waals surface area contributed by atoms with Gasteiger partial charge in [-0.1, -0.05) is 18.2 Å². The number of ether oxygens (including phenoxy) is 6. The van der Waals surface area contributed by atoms with Crippen LogP contribution in [-0.4, -0.2) is 111 Å². The Bertz CT molecular complexity index is 3210. The summed E-state index contributed by atoms with van der Waals surface area (Å²) in [4.78, 5) is 110. The number of hydrogen-bond donors (Lipinski definition) is 0. The molecule has 0 spiro atoms. The Balaban J connectivity index is 0.948. The highest BCUT2D eigenvalue weighted by Crippen LogP contribution is 2.32. The van der Waals surface area contributed by atoms with Crippen LogP contribution in [0.15, 0.2) is 120 Å². The van der Waals surface area contributed by atoms with Gasteiger partial charge in [0.25, 0.3) is 23.6 Å². The zero-order valence-electron chi connectivity index (χ0n) is 43.7. The molecular formula is C58H56N4O14S. The summed E-state index contributed by atoms with van der Waals surface area (Å²) >= 11 is 1.43. The lowest BCUT2D eigenvalue weighted by atomic mass is 9.92. The van der Waals surface area contributed by atoms with E-state index in [4.69, 9.17) is 28.4 Å². The number of aliphatic imine (C=N–C) groups is 1. The Morgan fingerprint density at radius 2 is 1.12 bits per heavy atom. The second-order valence-corrected chi connectivity index (χ2v) is 21.4. The average Bonchev–Trinajstić information content (AvgIpc) is 4.01. The van der Waals surface area contributed by atoms with Gasteiger partial charge in [0.15, 0.2) is 5.01 Å². The summed E-state index contributed by atoms with van der Waals surface area (Å²) in [6.45, 7) is 13.0. The number of carbonyl (C=O) groups excluding carboxylic acids is 8. The van der Waals surface area contributed by atoms with Gasteiger partial charge < -0.3 is 28.4 Å². The molecular weight excluding hydrogens is 1010 g/mol. The van der Waals surface area contributed by atoms with E-state index in [9.17, 15) is 38.4 Å². The molecule has 0 fully saturated rings. The summed E-state index contributed by atoms with van der Waals surface area (Å²) < 4.78 is 36.2. The molecule has 0 atom stereocenters. The molecule has 0 bridgehead atoms. The summed E-state index contributed by atoms with van der Waals surface area (Å²) in [5.41, 5.74) is -1.30. The first-order valence-corrected chi connectivity index (χ1v) is 25.1. The lowest BCUT2D eigenvalue weighted by molar-refractivity contribution is -0.165. The molecule has 19 heteroatoms. The van der Waals surface area contributed by atoms with E-state index in [0.29, 0.717) is 28.5 Å². The van der Waals surface area contributed by atoms with Gasteiger partial charge in [0, 0.05) is 61.4 Å². The molecule has 7 rings (SSSR count). The minimum absolute atomic E-state index is 0.0104. The minimum atomic E-state index is -1.04. The zero-order chi connectivity index (χ0) is 55.7. The molecule has 18 nitrogen and oxygen atoms in total. The first-order valence-electron chi connectivity index (χ1n) is 24.3. The summed E-state index contributed by atoms with van der Waals surface area (Å²) in [6.07, 6.45) is 6.63. The lowest BCUT2D eigenvalue weighted by Gasteiger charge is -2.35. The number of thiazole rings is 1. The van der Waals surface area contributed by atoms with Gasteiger partial charge in [-0.25, -0.2) is 19.6 Å². The normalized spacial score (nSPS) is 13.8. The smallest absolute Gasteiger partial charge is 0.343 e. The molecule has 2 aliphatic heterocycles. The van der Waals surface area contributed by atoms with Gasteiger partial charge in [-0.2, -0.15) is 0 Å². The molecule has 0 N–H and O–H groups in total. The van der Waals surface area contributed by atoms with Crippen LogP contribution in [0.4, 0.5) is 0 Å². The van der Waals surface area contributed by atoms with Gasteiger partial charge >= 0.3 is 23.9 Å². The van der Waals surface area contributed by atoms with E-state index >= 15 is 0 Å². The highest BCUT2D eigenvalue weighted by Gasteiger charge is 2.37. The van der Waals surface area contributed by atoms with Crippen LogP contribution in [0.2, 0.25) is 0 Å². The molecule has 0 unspecified atom stereocenters. The Kier molecular flexibility index (Phi) is 17.0. The second kappa shape index (κ2) is 23.4. The quantitative estimate of drug-likeness (QED) is 0.0170. The second-order valence-electron chi connectivity index (χ2n) is 20.4. The monoisotopic (exact) mass is 1060 g/mol. The highest BCUT2D eigenvalue weighted by atomic mass is 32.1. The Labute approximate surface area is 448 Å². The topological polar surface area (TPSA) is 224 Å². The number of para-hydroxylation sites is 1. The fourth-order valence-corrected chi connectivity index (χ4v) is 9.64. The molecule has 398 valence electrons. The number of nitrogens with zero attached hydrogens (tertiary/aromatic N) is 4. The maximum Gasteiger partial charge on any atom is 0.343 e. The van der Waals surface area contributed by atoms with Gasteiger partial charge in [-0.05, 0) is 140 Å². The van der Waals surface area contributed by atoms with Crippen molar-refractivity contribution in [3.8, 4) is 29.2 Å². The van der Waals surface area contributed by atoms with E-state index in [0.717, 1.165) is 49.9 Å². The van der Waals surface area contributed by atoms with Crippen LogP contribution < -0.4 is 14.2 Å². The molecule has 0 saturated heterocycles. The van der Waals surface area contributed by atoms with E-state index in [1.165, 1.54) is 17.6 Å². The largest absolute Gasteiger partial charge is 0.488 e. The van der Waals surface area contributed by atoms with Crippen LogP contribution in [-0.2, 0) is 49.4 Å². The van der Waals surface area contributed by atoms with Crippen LogP contribution in [0.1, 0.15) is 105 Å². The third-order valence-electron chi connectivity index (χ3n) is 11.5. The SMILES string of the molecule is CC(C)(CC(C)(C)Oc1ccc(C(=O)OCCc2ccc(OC(=O)c3ccc(OC(C)(C)CC(C)(C)OC(=O)CN4C(=O)C=CC4=O)cc3)c(C=NC#Cc3nc4ccccc4s3)c2)cc1)OC(=O)CN1C(=O)C=CC1=O. The van der Waals surface area contributed by atoms with Crippen molar-refractivity contribution in [1.29, 1.82) is 0 Å². The fourth-order valence-electron chi connectivity index (χ4n) is 8.82. The van der Waals surface area contributed by atoms with E-state index in [2.05, 4.69) is 21.9 Å². The fraction of sp³-hybridized carbons (Fsp3) is 0.310. The zero-order valence-corrected chi connectivity index (χ0v) is 44.5. The van der Waals surface area contributed by atoms with Crippen LogP contribution >= 0.6 is 11.3 Å². The van der Waals surface area contributed by atoms with Gasteiger partial charge in [0.1, 0.15) is 52.7 Å². The number of rotatable bonds is 21. The third kappa shape index (κ3) is 15.9. The molecule has 0 aliphatic carbocycles. The summed E-state index contributed by atoms with van der Waals surface area (Å²) in [6, 6.07) is 28.3. The van der Waals surface area contributed by atoms with Crippen molar-refractivity contribution in [3.63, 3.8) is 0 Å². The van der Waals surface area contributed by atoms with E-state index < -0.39 is 83.0 Å². The summed E-state index contributed by atoms with van der Waals surface area (Å²) in [7, 11) is 0. The predicted molar refractivity (Wildman–Crippen MR) is 283 cm³/mol. The van der Waals surface area contributed by atoms with Crippen molar-refractivity contribution in [3.05, 3.63) is 143 Å². The van der Waals surface area contributed by atoms with Crippen molar-refractivity contribution < 1.29 is 66.8 Å². The van der Waals surface area contributed by atoms with Gasteiger partial charge in [0.05, 0.1) is 28.0 Å². The van der Waals surface area contributed by atoms with Crippen LogP contribution in [0, 0.1) is 12.0 Å². The molecule has 3 heterocycles. The van der Waals surface area contributed by atoms with Crippen molar-refractivity contribution in [1.82, 2.24) is 14.8 Å². The van der Waals surface area contributed by atoms with Gasteiger partial charge in [-0.3, -0.25) is 38.6 Å². The molecule has 0 saturated carbocycles. The predicted octanol–water partition coefficient (Wildman–Crippen LogP) is 7.93.